The lowest BCUT2D eigenvalue weighted by Crippen LogP contribution is -2.19. The molecule has 0 amide bonds. The molecule has 1 aromatic heterocycles. The van der Waals surface area contributed by atoms with Gasteiger partial charge in [0.2, 0.25) is 5.95 Å². The minimum atomic E-state index is 0.472. The Kier molecular flexibility index (Phi) is 6.80. The van der Waals surface area contributed by atoms with Crippen LogP contribution in [0, 0.1) is 6.92 Å². The maximum Gasteiger partial charge on any atom is 0.203 e. The minimum absolute atomic E-state index is 0.472. The molecule has 0 bridgehead atoms. The Morgan fingerprint density at radius 1 is 1.44 bits per heavy atom. The summed E-state index contributed by atoms with van der Waals surface area (Å²) in [5.74, 6) is 0.966. The van der Waals surface area contributed by atoms with Crippen molar-refractivity contribution in [1.29, 1.82) is 0 Å². The molecule has 1 aromatic rings. The summed E-state index contributed by atoms with van der Waals surface area (Å²) in [6.45, 7) is 8.05. The van der Waals surface area contributed by atoms with E-state index in [4.69, 9.17) is 4.74 Å². The number of aromatic nitrogens is 2. The van der Waals surface area contributed by atoms with Crippen molar-refractivity contribution in [3.63, 3.8) is 0 Å². The average Bonchev–Trinajstić information content (AvgIpc) is 2.67. The maximum atomic E-state index is 5.12. The summed E-state index contributed by atoms with van der Waals surface area (Å²) in [5.41, 5.74) is 1.05. The van der Waals surface area contributed by atoms with Crippen molar-refractivity contribution in [2.24, 2.45) is 0 Å². The first kappa shape index (κ1) is 15.0. The molecule has 1 N–H and O–H groups in total. The van der Waals surface area contributed by atoms with E-state index in [1.807, 2.05) is 6.92 Å². The zero-order chi connectivity index (χ0) is 13.4. The van der Waals surface area contributed by atoms with E-state index in [0.717, 1.165) is 18.2 Å². The number of rotatable bonds is 9. The van der Waals surface area contributed by atoms with Gasteiger partial charge in [0, 0.05) is 25.9 Å². The number of nitrogens with one attached hydrogen (secondary N) is 1. The number of unbranched alkanes of at least 4 members (excludes halogenated alkanes) is 2. The normalized spacial score (nSPS) is 12.7. The molecule has 1 unspecified atom stereocenters. The van der Waals surface area contributed by atoms with E-state index in [1.54, 1.807) is 7.11 Å². The molecule has 0 fully saturated rings. The summed E-state index contributed by atoms with van der Waals surface area (Å²) in [7, 11) is 1.73. The molecule has 0 aliphatic carbocycles. The van der Waals surface area contributed by atoms with E-state index < -0.39 is 0 Å². The first-order valence-corrected chi connectivity index (χ1v) is 6.96. The molecular formula is C14H27N3O. The topological polar surface area (TPSA) is 39.1 Å². The van der Waals surface area contributed by atoms with Gasteiger partial charge in [-0.2, -0.15) is 0 Å². The Balaban J connectivity index is 2.48. The third-order valence-electron chi connectivity index (χ3n) is 3.05. The largest absolute Gasteiger partial charge is 0.383 e. The zero-order valence-corrected chi connectivity index (χ0v) is 12.2. The number of ether oxygens (including phenoxy) is 1. The van der Waals surface area contributed by atoms with Gasteiger partial charge in [0.15, 0.2) is 0 Å². The standard InChI is InChI=1S/C14H27N3O/c1-5-6-7-8-12(2)15-14-16-13(3)11-17(14)9-10-18-4/h11-12H,5-10H2,1-4H3,(H,15,16). The van der Waals surface area contributed by atoms with Gasteiger partial charge in [0.1, 0.15) is 0 Å². The molecule has 4 heteroatoms. The summed E-state index contributed by atoms with van der Waals surface area (Å²) in [6.07, 6.45) is 7.13. The van der Waals surface area contributed by atoms with Crippen molar-refractivity contribution in [1.82, 2.24) is 9.55 Å². The molecule has 0 aromatic carbocycles. The van der Waals surface area contributed by atoms with Crippen molar-refractivity contribution < 1.29 is 4.74 Å². The van der Waals surface area contributed by atoms with Gasteiger partial charge in [-0.1, -0.05) is 26.2 Å². The molecule has 0 saturated heterocycles. The Bertz CT molecular complexity index is 336. The lowest BCUT2D eigenvalue weighted by atomic mass is 10.1. The van der Waals surface area contributed by atoms with Gasteiger partial charge in [-0.15, -0.1) is 0 Å². The predicted molar refractivity (Wildman–Crippen MR) is 76.1 cm³/mol. The SMILES string of the molecule is CCCCCC(C)Nc1nc(C)cn1CCOC. The van der Waals surface area contributed by atoms with Crippen LogP contribution in [0.15, 0.2) is 6.20 Å². The molecule has 0 saturated carbocycles. The van der Waals surface area contributed by atoms with E-state index in [1.165, 1.54) is 25.7 Å². The molecule has 1 rings (SSSR count). The molecule has 18 heavy (non-hydrogen) atoms. The molecule has 0 aliphatic heterocycles. The highest BCUT2D eigenvalue weighted by molar-refractivity contribution is 5.29. The minimum Gasteiger partial charge on any atom is -0.383 e. The van der Waals surface area contributed by atoms with E-state index in [9.17, 15) is 0 Å². The summed E-state index contributed by atoms with van der Waals surface area (Å²) in [4.78, 5) is 4.53. The number of anilines is 1. The predicted octanol–water partition coefficient (Wildman–Crippen LogP) is 3.22. The highest BCUT2D eigenvalue weighted by Crippen LogP contribution is 2.12. The van der Waals surface area contributed by atoms with Crippen LogP contribution < -0.4 is 5.32 Å². The second kappa shape index (κ2) is 8.14. The molecule has 0 aliphatic rings. The number of hydrogen-bond acceptors (Lipinski definition) is 3. The van der Waals surface area contributed by atoms with Gasteiger partial charge in [-0.25, -0.2) is 4.98 Å². The molecule has 0 radical (unpaired) electrons. The monoisotopic (exact) mass is 253 g/mol. The van der Waals surface area contributed by atoms with E-state index >= 15 is 0 Å². The quantitative estimate of drug-likeness (QED) is 0.687. The van der Waals surface area contributed by atoms with Crippen LogP contribution in [0.2, 0.25) is 0 Å². The Morgan fingerprint density at radius 3 is 2.89 bits per heavy atom. The lowest BCUT2D eigenvalue weighted by molar-refractivity contribution is 0.187. The van der Waals surface area contributed by atoms with Crippen molar-refractivity contribution in [2.75, 3.05) is 19.0 Å². The van der Waals surface area contributed by atoms with Crippen LogP contribution in [0.5, 0.6) is 0 Å². The van der Waals surface area contributed by atoms with Crippen molar-refractivity contribution in [2.45, 2.75) is 59.0 Å². The van der Waals surface area contributed by atoms with Gasteiger partial charge >= 0.3 is 0 Å². The van der Waals surface area contributed by atoms with Crippen LogP contribution in [0.4, 0.5) is 5.95 Å². The van der Waals surface area contributed by atoms with Crippen LogP contribution in [0.25, 0.3) is 0 Å². The number of methoxy groups -OCH3 is 1. The fourth-order valence-electron chi connectivity index (χ4n) is 2.02. The Hall–Kier alpha value is -1.03. The summed E-state index contributed by atoms with van der Waals surface area (Å²) < 4.78 is 7.25. The fraction of sp³-hybridized carbons (Fsp3) is 0.786. The number of hydrogen-bond donors (Lipinski definition) is 1. The molecule has 1 heterocycles. The second-order valence-electron chi connectivity index (χ2n) is 4.93. The number of imidazole rings is 1. The van der Waals surface area contributed by atoms with E-state index in [0.29, 0.717) is 12.6 Å². The Morgan fingerprint density at radius 2 is 2.22 bits per heavy atom. The molecule has 1 atom stereocenters. The van der Waals surface area contributed by atoms with E-state index in [-0.39, 0.29) is 0 Å². The summed E-state index contributed by atoms with van der Waals surface area (Å²) in [6, 6.07) is 0.472. The van der Waals surface area contributed by atoms with Crippen LogP contribution >= 0.6 is 0 Å². The average molecular weight is 253 g/mol. The highest BCUT2D eigenvalue weighted by Gasteiger charge is 2.08. The van der Waals surface area contributed by atoms with Crippen molar-refractivity contribution in [3.8, 4) is 0 Å². The van der Waals surface area contributed by atoms with Gasteiger partial charge in [0.25, 0.3) is 0 Å². The third-order valence-corrected chi connectivity index (χ3v) is 3.05. The number of nitrogens with zero attached hydrogens (tertiary/aromatic N) is 2. The first-order valence-electron chi connectivity index (χ1n) is 6.96. The van der Waals surface area contributed by atoms with Gasteiger partial charge in [0.05, 0.1) is 12.3 Å². The third kappa shape index (κ3) is 5.08. The van der Waals surface area contributed by atoms with Crippen LogP contribution in [-0.2, 0) is 11.3 Å². The van der Waals surface area contributed by atoms with Crippen LogP contribution in [0.3, 0.4) is 0 Å². The molecule has 4 nitrogen and oxygen atoms in total. The van der Waals surface area contributed by atoms with Gasteiger partial charge < -0.3 is 14.6 Å². The first-order chi connectivity index (χ1) is 8.67. The molecular weight excluding hydrogens is 226 g/mol. The van der Waals surface area contributed by atoms with E-state index in [2.05, 4.69) is 34.9 Å². The van der Waals surface area contributed by atoms with Crippen molar-refractivity contribution in [3.05, 3.63) is 11.9 Å². The fourth-order valence-corrected chi connectivity index (χ4v) is 2.02. The maximum absolute atomic E-state index is 5.12. The van der Waals surface area contributed by atoms with Gasteiger partial charge in [-0.3, -0.25) is 0 Å². The Labute approximate surface area is 111 Å². The smallest absolute Gasteiger partial charge is 0.203 e. The van der Waals surface area contributed by atoms with Crippen molar-refractivity contribution >= 4 is 5.95 Å². The van der Waals surface area contributed by atoms with Crippen LogP contribution in [-0.4, -0.2) is 29.3 Å². The lowest BCUT2D eigenvalue weighted by Gasteiger charge is -2.15. The summed E-state index contributed by atoms with van der Waals surface area (Å²) >= 11 is 0. The van der Waals surface area contributed by atoms with Gasteiger partial charge in [-0.05, 0) is 20.3 Å². The number of aryl methyl sites for hydroxylation is 1. The second-order valence-corrected chi connectivity index (χ2v) is 4.93. The summed E-state index contributed by atoms with van der Waals surface area (Å²) in [5, 5.41) is 3.50. The van der Waals surface area contributed by atoms with Crippen LogP contribution in [0.1, 0.15) is 45.2 Å². The zero-order valence-electron chi connectivity index (χ0n) is 12.2. The molecule has 0 spiro atoms. The highest BCUT2D eigenvalue weighted by atomic mass is 16.5. The molecule has 104 valence electrons.